The Morgan fingerprint density at radius 1 is 1.37 bits per heavy atom. The van der Waals surface area contributed by atoms with Gasteiger partial charge in [0.05, 0.1) is 4.90 Å². The van der Waals surface area contributed by atoms with Crippen molar-refractivity contribution in [1.82, 2.24) is 10.0 Å². The molecule has 8 heteroatoms. The van der Waals surface area contributed by atoms with E-state index < -0.39 is 16.1 Å². The average Bonchev–Trinajstić information content (AvgIpc) is 2.74. The molecule has 0 saturated carbocycles. The van der Waals surface area contributed by atoms with Gasteiger partial charge in [-0.3, -0.25) is 4.79 Å². The molecule has 1 unspecified atom stereocenters. The van der Waals surface area contributed by atoms with Crippen LogP contribution in [0.5, 0.6) is 0 Å². The predicted octanol–water partition coefficient (Wildman–Crippen LogP) is -0.512. The lowest BCUT2D eigenvalue weighted by Crippen LogP contribution is -2.36. The minimum Gasteiger partial charge on any atom is -0.389 e. The van der Waals surface area contributed by atoms with E-state index in [1.165, 1.54) is 12.1 Å². The van der Waals surface area contributed by atoms with Crippen LogP contribution in [0, 0.1) is 0 Å². The fourth-order valence-electron chi connectivity index (χ4n) is 1.77. The van der Waals surface area contributed by atoms with E-state index in [1.807, 2.05) is 0 Å². The molecule has 0 spiro atoms. The number of rotatable bonds is 4. The number of nitrogens with one attached hydrogen (secondary N) is 2. The van der Waals surface area contributed by atoms with Crippen LogP contribution in [0.15, 0.2) is 29.2 Å². The Labute approximate surface area is 116 Å². The van der Waals surface area contributed by atoms with Crippen LogP contribution in [0.4, 0.5) is 0 Å². The maximum atomic E-state index is 12.1. The van der Waals surface area contributed by atoms with Crippen molar-refractivity contribution >= 4 is 33.1 Å². The molecule has 6 nitrogen and oxygen atoms in total. The lowest BCUT2D eigenvalue weighted by Gasteiger charge is -2.11. The molecule has 1 heterocycles. The van der Waals surface area contributed by atoms with Crippen LogP contribution in [0.25, 0.3) is 0 Å². The number of sulfonamides is 1. The molecule has 1 aliphatic rings. The molecule has 0 bridgehead atoms. The van der Waals surface area contributed by atoms with Gasteiger partial charge in [0.1, 0.15) is 4.99 Å². The van der Waals surface area contributed by atoms with Crippen molar-refractivity contribution in [2.75, 3.05) is 6.54 Å². The molecule has 1 amide bonds. The van der Waals surface area contributed by atoms with E-state index in [0.29, 0.717) is 12.1 Å². The average molecular weight is 299 g/mol. The molecule has 1 aromatic rings. The van der Waals surface area contributed by atoms with E-state index in [9.17, 15) is 13.2 Å². The first kappa shape index (κ1) is 13.9. The maximum Gasteiger partial charge on any atom is 0.240 e. The van der Waals surface area contributed by atoms with Crippen LogP contribution >= 0.6 is 12.2 Å². The Balaban J connectivity index is 2.15. The third-order valence-corrected chi connectivity index (χ3v) is 4.52. The van der Waals surface area contributed by atoms with Crippen LogP contribution in [-0.4, -0.2) is 31.9 Å². The molecule has 1 aromatic carbocycles. The smallest absolute Gasteiger partial charge is 0.240 e. The second kappa shape index (κ2) is 5.24. The van der Waals surface area contributed by atoms with Crippen molar-refractivity contribution in [3.8, 4) is 0 Å². The second-order valence-electron chi connectivity index (χ2n) is 4.22. The summed E-state index contributed by atoms with van der Waals surface area (Å²) in [6.07, 6.45) is 0.157. The Bertz CT molecular complexity index is 611. The van der Waals surface area contributed by atoms with E-state index in [4.69, 9.17) is 18.0 Å². The summed E-state index contributed by atoms with van der Waals surface area (Å²) >= 11 is 4.79. The summed E-state index contributed by atoms with van der Waals surface area (Å²) in [7, 11) is -3.64. The first-order valence-corrected chi connectivity index (χ1v) is 7.46. The summed E-state index contributed by atoms with van der Waals surface area (Å²) in [6, 6.07) is 5.55. The van der Waals surface area contributed by atoms with Crippen molar-refractivity contribution in [2.24, 2.45) is 5.73 Å². The highest BCUT2D eigenvalue weighted by atomic mass is 32.2. The van der Waals surface area contributed by atoms with Crippen LogP contribution in [0.2, 0.25) is 0 Å². The van der Waals surface area contributed by atoms with E-state index in [2.05, 4.69) is 10.0 Å². The highest BCUT2D eigenvalue weighted by molar-refractivity contribution is 7.89. The van der Waals surface area contributed by atoms with E-state index in [1.54, 1.807) is 12.1 Å². The van der Waals surface area contributed by atoms with Gasteiger partial charge in [-0.1, -0.05) is 24.4 Å². The second-order valence-corrected chi connectivity index (χ2v) is 6.37. The Kier molecular flexibility index (Phi) is 3.83. The van der Waals surface area contributed by atoms with Crippen LogP contribution in [0.1, 0.15) is 12.0 Å². The van der Waals surface area contributed by atoms with Gasteiger partial charge in [-0.25, -0.2) is 13.1 Å². The van der Waals surface area contributed by atoms with Gasteiger partial charge in [0.25, 0.3) is 0 Å². The fraction of sp³-hybridized carbons (Fsp3) is 0.273. The number of amides is 1. The van der Waals surface area contributed by atoms with Crippen LogP contribution in [-0.2, 0) is 14.8 Å². The number of carbonyl (C=O) groups excluding carboxylic acids is 1. The molecule has 0 radical (unpaired) electrons. The topological polar surface area (TPSA) is 101 Å². The molecular weight excluding hydrogens is 286 g/mol. The Morgan fingerprint density at radius 2 is 2.00 bits per heavy atom. The SMILES string of the molecule is NC(=S)c1ccc(S(=O)(=O)NC2CNC(=O)C2)cc1. The lowest BCUT2D eigenvalue weighted by molar-refractivity contribution is -0.119. The summed E-state index contributed by atoms with van der Waals surface area (Å²) in [6.45, 7) is 0.309. The first-order chi connectivity index (χ1) is 8.88. The summed E-state index contributed by atoms with van der Waals surface area (Å²) in [4.78, 5) is 11.3. The molecule has 102 valence electrons. The number of carbonyl (C=O) groups is 1. The van der Waals surface area contributed by atoms with Gasteiger partial charge >= 0.3 is 0 Å². The van der Waals surface area contributed by atoms with Gasteiger partial charge in [0.15, 0.2) is 0 Å². The molecule has 0 aliphatic carbocycles. The van der Waals surface area contributed by atoms with Gasteiger partial charge in [-0.15, -0.1) is 0 Å². The van der Waals surface area contributed by atoms with Crippen molar-refractivity contribution in [3.05, 3.63) is 29.8 Å². The molecular formula is C11H13N3O3S2. The lowest BCUT2D eigenvalue weighted by atomic mass is 10.2. The normalized spacial score (nSPS) is 19.2. The number of nitrogens with two attached hydrogens (primary N) is 1. The first-order valence-electron chi connectivity index (χ1n) is 5.57. The number of thiocarbonyl (C=S) groups is 1. The molecule has 4 N–H and O–H groups in total. The molecule has 0 aromatic heterocycles. The highest BCUT2D eigenvalue weighted by Gasteiger charge is 2.26. The van der Waals surface area contributed by atoms with Crippen LogP contribution in [0.3, 0.4) is 0 Å². The monoisotopic (exact) mass is 299 g/mol. The van der Waals surface area contributed by atoms with Gasteiger partial charge < -0.3 is 11.1 Å². The fourth-order valence-corrected chi connectivity index (χ4v) is 3.15. The van der Waals surface area contributed by atoms with Crippen molar-refractivity contribution in [2.45, 2.75) is 17.4 Å². The van der Waals surface area contributed by atoms with Gasteiger partial charge in [0, 0.05) is 24.6 Å². The van der Waals surface area contributed by atoms with Crippen LogP contribution < -0.4 is 15.8 Å². The Morgan fingerprint density at radius 3 is 2.47 bits per heavy atom. The van der Waals surface area contributed by atoms with Crippen molar-refractivity contribution in [3.63, 3.8) is 0 Å². The predicted molar refractivity (Wildman–Crippen MR) is 74.1 cm³/mol. The zero-order valence-corrected chi connectivity index (χ0v) is 11.6. The Hall–Kier alpha value is -1.51. The van der Waals surface area contributed by atoms with E-state index in [0.717, 1.165) is 0 Å². The summed E-state index contributed by atoms with van der Waals surface area (Å²) in [5.41, 5.74) is 6.04. The third-order valence-electron chi connectivity index (χ3n) is 2.75. The summed E-state index contributed by atoms with van der Waals surface area (Å²) in [5.74, 6) is -0.156. The van der Waals surface area contributed by atoms with Gasteiger partial charge in [0.2, 0.25) is 15.9 Å². The highest BCUT2D eigenvalue weighted by Crippen LogP contribution is 2.12. The molecule has 1 atom stereocenters. The zero-order chi connectivity index (χ0) is 14.0. The number of hydrogen-bond acceptors (Lipinski definition) is 4. The quantitative estimate of drug-likeness (QED) is 0.650. The minimum atomic E-state index is -3.64. The third kappa shape index (κ3) is 3.28. The van der Waals surface area contributed by atoms with Gasteiger partial charge in [-0.05, 0) is 12.1 Å². The molecule has 1 fully saturated rings. The number of benzene rings is 1. The van der Waals surface area contributed by atoms with E-state index >= 15 is 0 Å². The molecule has 1 saturated heterocycles. The largest absolute Gasteiger partial charge is 0.389 e. The summed E-state index contributed by atoms with van der Waals surface area (Å²) in [5, 5.41) is 2.57. The standard InChI is InChI=1S/C11H13N3O3S2/c12-11(18)7-1-3-9(4-2-7)19(16,17)14-8-5-10(15)13-6-8/h1-4,8,14H,5-6H2,(H2,12,18)(H,13,15). The van der Waals surface area contributed by atoms with Gasteiger partial charge in [-0.2, -0.15) is 0 Å². The minimum absolute atomic E-state index is 0.117. The molecule has 2 rings (SSSR count). The molecule has 1 aliphatic heterocycles. The van der Waals surface area contributed by atoms with E-state index in [-0.39, 0.29) is 22.2 Å². The van der Waals surface area contributed by atoms with Crippen molar-refractivity contribution < 1.29 is 13.2 Å². The maximum absolute atomic E-state index is 12.1. The summed E-state index contributed by atoms with van der Waals surface area (Å²) < 4.78 is 26.6. The molecule has 19 heavy (non-hydrogen) atoms. The van der Waals surface area contributed by atoms with Crippen molar-refractivity contribution in [1.29, 1.82) is 0 Å². The zero-order valence-electron chi connectivity index (χ0n) is 9.92. The number of hydrogen-bond donors (Lipinski definition) is 3.